The summed E-state index contributed by atoms with van der Waals surface area (Å²) in [6.07, 6.45) is -12.3. The number of phenolic OH excluding ortho intramolecular Hbond substituents is 1. The summed E-state index contributed by atoms with van der Waals surface area (Å²) in [5.41, 5.74) is 3.37. The van der Waals surface area contributed by atoms with Crippen molar-refractivity contribution >= 4 is 28.7 Å². The Morgan fingerprint density at radius 2 is 1.56 bits per heavy atom. The van der Waals surface area contributed by atoms with Crippen LogP contribution in [-0.2, 0) is 11.0 Å². The van der Waals surface area contributed by atoms with Gasteiger partial charge < -0.3 is 10.2 Å². The Kier molecular flexibility index (Phi) is 7.43. The average Bonchev–Trinajstić information content (AvgIpc) is 3.23. The molecule has 1 unspecified atom stereocenters. The molecule has 3 N–H and O–H groups in total. The van der Waals surface area contributed by atoms with Gasteiger partial charge in [0.2, 0.25) is 0 Å². The lowest BCUT2D eigenvalue weighted by Gasteiger charge is -2.19. The van der Waals surface area contributed by atoms with Gasteiger partial charge in [0, 0.05) is 16.8 Å². The molecule has 6 nitrogen and oxygen atoms in total. The van der Waals surface area contributed by atoms with E-state index < -0.39 is 41.2 Å². The van der Waals surface area contributed by atoms with Gasteiger partial charge in [-0.15, -0.1) is 0 Å². The largest absolute Gasteiger partial charge is 0.505 e. The minimum atomic E-state index is -4.89. The molecular weight excluding hydrogens is 576 g/mol. The molecule has 1 heterocycles. The van der Waals surface area contributed by atoms with E-state index in [1.165, 1.54) is 30.3 Å². The second kappa shape index (κ2) is 10.8. The van der Waals surface area contributed by atoms with E-state index in [1.54, 1.807) is 25.1 Å². The van der Waals surface area contributed by atoms with E-state index in [0.717, 1.165) is 46.4 Å². The fourth-order valence-corrected chi connectivity index (χ4v) is 4.70. The van der Waals surface area contributed by atoms with Crippen molar-refractivity contribution < 1.29 is 41.4 Å². The first-order valence-electron chi connectivity index (χ1n) is 12.8. The molecular formula is C31H23F6N3O3. The van der Waals surface area contributed by atoms with Crippen LogP contribution in [0.25, 0.3) is 11.1 Å². The number of aliphatic hydroxyl groups is 1. The highest BCUT2D eigenvalue weighted by atomic mass is 19.4. The van der Waals surface area contributed by atoms with Crippen LogP contribution in [0.2, 0.25) is 0 Å². The third-order valence-corrected chi connectivity index (χ3v) is 7.12. The predicted molar refractivity (Wildman–Crippen MR) is 149 cm³/mol. The van der Waals surface area contributed by atoms with Crippen LogP contribution in [-0.4, -0.2) is 28.0 Å². The fourth-order valence-electron chi connectivity index (χ4n) is 4.70. The summed E-state index contributed by atoms with van der Waals surface area (Å²) in [4.78, 5) is 14.7. The molecule has 0 saturated carbocycles. The molecule has 1 aliphatic heterocycles. The fraction of sp³-hybridized carbons (Fsp3) is 0.161. The van der Waals surface area contributed by atoms with E-state index in [2.05, 4.69) is 10.5 Å². The van der Waals surface area contributed by atoms with Crippen molar-refractivity contribution in [3.8, 4) is 16.9 Å². The lowest BCUT2D eigenvalue weighted by Crippen LogP contribution is -2.26. The van der Waals surface area contributed by atoms with Gasteiger partial charge in [-0.2, -0.15) is 31.4 Å². The Labute approximate surface area is 241 Å². The summed E-state index contributed by atoms with van der Waals surface area (Å²) >= 11 is 0. The second-order valence-corrected chi connectivity index (χ2v) is 9.98. The number of halogens is 6. The smallest absolute Gasteiger partial charge is 0.418 e. The van der Waals surface area contributed by atoms with Crippen LogP contribution in [0.5, 0.6) is 5.75 Å². The van der Waals surface area contributed by atoms with Gasteiger partial charge >= 0.3 is 12.4 Å². The highest BCUT2D eigenvalue weighted by Gasteiger charge is 2.40. The Hall–Kier alpha value is -4.84. The van der Waals surface area contributed by atoms with E-state index >= 15 is 0 Å². The summed E-state index contributed by atoms with van der Waals surface area (Å²) in [5, 5.41) is 24.7. The highest BCUT2D eigenvalue weighted by Crippen LogP contribution is 2.42. The quantitative estimate of drug-likeness (QED) is 0.124. The van der Waals surface area contributed by atoms with Crippen molar-refractivity contribution in [3.05, 3.63) is 107 Å². The number of aryl methyl sites for hydroxylation is 2. The number of carbonyl (C=O) groups is 1. The van der Waals surface area contributed by atoms with Crippen molar-refractivity contribution in [2.75, 3.05) is 10.3 Å². The van der Waals surface area contributed by atoms with Gasteiger partial charge in [0.25, 0.3) is 5.91 Å². The molecule has 0 spiro atoms. The molecule has 12 heteroatoms. The Morgan fingerprint density at radius 1 is 0.837 bits per heavy atom. The number of rotatable bonds is 5. The van der Waals surface area contributed by atoms with E-state index in [4.69, 9.17) is 0 Å². The lowest BCUT2D eigenvalue weighted by atomic mass is 9.99. The van der Waals surface area contributed by atoms with E-state index in [-0.39, 0.29) is 33.8 Å². The zero-order valence-electron chi connectivity index (χ0n) is 22.5. The number of para-hydroxylation sites is 1. The Bertz CT molecular complexity index is 1760. The molecule has 0 fully saturated rings. The number of nitrogens with one attached hydrogen (secondary N) is 1. The van der Waals surface area contributed by atoms with Gasteiger partial charge in [0.15, 0.2) is 11.8 Å². The third-order valence-electron chi connectivity index (χ3n) is 7.12. The first-order valence-corrected chi connectivity index (χ1v) is 12.8. The summed E-state index contributed by atoms with van der Waals surface area (Å²) in [6.45, 7) is 3.66. The van der Waals surface area contributed by atoms with E-state index in [0.29, 0.717) is 5.69 Å². The van der Waals surface area contributed by atoms with Gasteiger partial charge in [0.1, 0.15) is 5.75 Å². The Morgan fingerprint density at radius 3 is 2.23 bits per heavy atom. The molecule has 222 valence electrons. The first-order chi connectivity index (χ1) is 20.2. The molecule has 4 aromatic rings. The van der Waals surface area contributed by atoms with E-state index in [1.807, 2.05) is 6.92 Å². The van der Waals surface area contributed by atoms with Crippen molar-refractivity contribution in [2.24, 2.45) is 5.10 Å². The maximum atomic E-state index is 13.6. The number of benzene rings is 4. The molecule has 0 saturated heterocycles. The zero-order valence-corrected chi connectivity index (χ0v) is 22.5. The van der Waals surface area contributed by atoms with Gasteiger partial charge in [-0.05, 0) is 78.6 Å². The molecule has 0 aliphatic carbocycles. The van der Waals surface area contributed by atoms with Gasteiger partial charge in [-0.1, -0.05) is 36.4 Å². The minimum Gasteiger partial charge on any atom is -0.505 e. The SMILES string of the molecule is Cc1ccc(N2C(=O)/C(=N\Nc3cccc(-c4cccc(C(O)C(F)(F)F)c4)c3O)c3ccc(C(F)(F)F)cc32)cc1C. The number of phenols is 1. The molecule has 4 aromatic carbocycles. The second-order valence-electron chi connectivity index (χ2n) is 9.98. The summed E-state index contributed by atoms with van der Waals surface area (Å²) in [7, 11) is 0. The molecule has 0 bridgehead atoms. The van der Waals surface area contributed by atoms with Crippen LogP contribution in [0.4, 0.5) is 43.4 Å². The van der Waals surface area contributed by atoms with Crippen molar-refractivity contribution in [2.45, 2.75) is 32.3 Å². The first kappa shape index (κ1) is 29.6. The maximum absolute atomic E-state index is 13.6. The minimum absolute atomic E-state index is 0.0263. The molecule has 0 aromatic heterocycles. The topological polar surface area (TPSA) is 85.2 Å². The number of hydrogen-bond donors (Lipinski definition) is 3. The zero-order chi connectivity index (χ0) is 31.3. The highest BCUT2D eigenvalue weighted by molar-refractivity contribution is 6.55. The molecule has 0 radical (unpaired) electrons. The van der Waals surface area contributed by atoms with Gasteiger partial charge in [-0.25, -0.2) is 0 Å². The van der Waals surface area contributed by atoms with E-state index in [9.17, 15) is 41.4 Å². The van der Waals surface area contributed by atoms with Gasteiger partial charge in [0.05, 0.1) is 16.9 Å². The number of fused-ring (bicyclic) bond motifs is 1. The maximum Gasteiger partial charge on any atom is 0.418 e. The normalized spacial score (nSPS) is 15.1. The van der Waals surface area contributed by atoms with Gasteiger partial charge in [-0.3, -0.25) is 15.1 Å². The molecule has 1 aliphatic rings. The van der Waals surface area contributed by atoms with Crippen LogP contribution in [0.1, 0.15) is 33.9 Å². The number of hydrazone groups is 1. The number of aliphatic hydroxyl groups excluding tert-OH is 1. The van der Waals surface area contributed by atoms with Crippen LogP contribution in [0.15, 0.2) is 84.0 Å². The average molecular weight is 600 g/mol. The van der Waals surface area contributed by atoms with Crippen molar-refractivity contribution in [1.29, 1.82) is 0 Å². The molecule has 5 rings (SSSR count). The number of aromatic hydroxyl groups is 1. The van der Waals surface area contributed by atoms with Crippen LogP contribution in [0, 0.1) is 13.8 Å². The molecule has 43 heavy (non-hydrogen) atoms. The van der Waals surface area contributed by atoms with Crippen LogP contribution < -0.4 is 10.3 Å². The monoisotopic (exact) mass is 599 g/mol. The van der Waals surface area contributed by atoms with Crippen LogP contribution in [0.3, 0.4) is 0 Å². The third kappa shape index (κ3) is 5.65. The summed E-state index contributed by atoms with van der Waals surface area (Å²) in [6, 6.07) is 17.1. The van der Waals surface area contributed by atoms with Crippen molar-refractivity contribution in [3.63, 3.8) is 0 Å². The number of alkyl halides is 6. The van der Waals surface area contributed by atoms with Crippen molar-refractivity contribution in [1.82, 2.24) is 0 Å². The number of nitrogens with zero attached hydrogens (tertiary/aromatic N) is 2. The standard InChI is InChI=1S/C31H23F6N3O3/c1-16-9-11-21(13-17(16)2)40-25-15-20(30(32,33)34)10-12-23(25)26(29(40)43)39-38-24-8-4-7-22(27(24)41)18-5-3-6-19(14-18)28(42)31(35,36)37/h3-15,28,38,41-42H,1-2H3/b39-26-. The number of hydrogen-bond acceptors (Lipinski definition) is 5. The number of anilines is 3. The number of amides is 1. The number of carbonyl (C=O) groups excluding carboxylic acids is 1. The summed E-state index contributed by atoms with van der Waals surface area (Å²) in [5.74, 6) is -1.14. The van der Waals surface area contributed by atoms with Crippen LogP contribution >= 0.6 is 0 Å². The summed E-state index contributed by atoms with van der Waals surface area (Å²) < 4.78 is 79.8. The molecule has 1 atom stereocenters. The Balaban J connectivity index is 1.54. The predicted octanol–water partition coefficient (Wildman–Crippen LogP) is 7.79. The lowest BCUT2D eigenvalue weighted by molar-refractivity contribution is -0.206. The molecule has 1 amide bonds.